The molecular weight excluding hydrogens is 585 g/mol. The minimum absolute atomic E-state index is 0.114. The van der Waals surface area contributed by atoms with Gasteiger partial charge in [0.2, 0.25) is 21.8 Å². The fraction of sp³-hybridized carbons (Fsp3) is 0.333. The fourth-order valence-corrected chi connectivity index (χ4v) is 5.73. The summed E-state index contributed by atoms with van der Waals surface area (Å²) in [4.78, 5) is 29.1. The lowest BCUT2D eigenvalue weighted by molar-refractivity contribution is -0.140. The Morgan fingerprint density at radius 1 is 1.00 bits per heavy atom. The molecule has 1 atom stereocenters. The summed E-state index contributed by atoms with van der Waals surface area (Å²) in [6.07, 6.45) is 1.91. The number of nitrogens with one attached hydrogen (secondary N) is 1. The van der Waals surface area contributed by atoms with Crippen molar-refractivity contribution < 1.29 is 22.7 Å². The molecule has 0 saturated carbocycles. The molecule has 0 heterocycles. The normalized spacial score (nSPS) is 12.0. The molecule has 0 fully saturated rings. The molecule has 0 saturated heterocycles. The van der Waals surface area contributed by atoms with E-state index >= 15 is 0 Å². The zero-order chi connectivity index (χ0) is 30.2. The Morgan fingerprint density at radius 2 is 1.66 bits per heavy atom. The predicted octanol–water partition coefficient (Wildman–Crippen LogP) is 5.24. The van der Waals surface area contributed by atoms with Crippen LogP contribution in [0.5, 0.6) is 5.75 Å². The van der Waals surface area contributed by atoms with Crippen molar-refractivity contribution in [3.05, 3.63) is 93.5 Å². The quantitative estimate of drug-likeness (QED) is 0.282. The maximum absolute atomic E-state index is 14.2. The minimum Gasteiger partial charge on any atom is -0.495 e. The largest absolute Gasteiger partial charge is 0.495 e. The van der Waals surface area contributed by atoms with Gasteiger partial charge in [-0.3, -0.25) is 13.9 Å². The molecule has 3 aromatic carbocycles. The molecular formula is C30H35Cl2N3O5S. The highest BCUT2D eigenvalue weighted by Gasteiger charge is 2.34. The first kappa shape index (κ1) is 32.2. The van der Waals surface area contributed by atoms with Gasteiger partial charge in [-0.05, 0) is 48.7 Å². The molecule has 0 radical (unpaired) electrons. The van der Waals surface area contributed by atoms with Crippen LogP contribution >= 0.6 is 23.2 Å². The Balaban J connectivity index is 2.13. The van der Waals surface area contributed by atoms with Crippen LogP contribution in [0.25, 0.3) is 0 Å². The number of rotatable bonds is 13. The number of hydrogen-bond donors (Lipinski definition) is 1. The third kappa shape index (κ3) is 8.61. The van der Waals surface area contributed by atoms with Crippen molar-refractivity contribution in [3.8, 4) is 5.75 Å². The monoisotopic (exact) mass is 619 g/mol. The number of ether oxygens (including phenoxy) is 1. The van der Waals surface area contributed by atoms with Gasteiger partial charge in [0, 0.05) is 35.1 Å². The number of carbonyl (C=O) groups excluding carboxylic acids is 2. The summed E-state index contributed by atoms with van der Waals surface area (Å²) >= 11 is 13.0. The first-order chi connectivity index (χ1) is 19.5. The lowest BCUT2D eigenvalue weighted by Crippen LogP contribution is -2.53. The maximum atomic E-state index is 14.2. The van der Waals surface area contributed by atoms with Gasteiger partial charge in [-0.2, -0.15) is 0 Å². The Morgan fingerprint density at radius 3 is 2.24 bits per heavy atom. The van der Waals surface area contributed by atoms with Crippen molar-refractivity contribution in [1.29, 1.82) is 0 Å². The van der Waals surface area contributed by atoms with E-state index in [1.165, 1.54) is 12.0 Å². The number of nitrogens with zero attached hydrogens (tertiary/aromatic N) is 2. The van der Waals surface area contributed by atoms with Gasteiger partial charge >= 0.3 is 0 Å². The van der Waals surface area contributed by atoms with Crippen molar-refractivity contribution in [3.63, 3.8) is 0 Å². The number of sulfonamides is 1. The van der Waals surface area contributed by atoms with Crippen LogP contribution in [0.2, 0.25) is 10.0 Å². The average Bonchev–Trinajstić information content (AvgIpc) is 2.93. The molecule has 11 heteroatoms. The number of hydrogen-bond acceptors (Lipinski definition) is 5. The van der Waals surface area contributed by atoms with E-state index in [9.17, 15) is 18.0 Å². The number of aryl methyl sites for hydroxylation is 1. The molecule has 0 aliphatic carbocycles. The molecule has 2 amide bonds. The maximum Gasteiger partial charge on any atom is 0.244 e. The molecule has 8 nitrogen and oxygen atoms in total. The van der Waals surface area contributed by atoms with Crippen LogP contribution in [0.1, 0.15) is 30.0 Å². The first-order valence-corrected chi connectivity index (χ1v) is 15.7. The van der Waals surface area contributed by atoms with Crippen LogP contribution < -0.4 is 14.4 Å². The number of carbonyl (C=O) groups is 2. The SMILES string of the molecule is CCCNC(=O)[C@@H](Cc1ccccc1)N(Cc1c(Cl)cccc1Cl)C(=O)CN(c1cc(C)ccc1OC)S(C)(=O)=O. The van der Waals surface area contributed by atoms with Gasteiger partial charge in [-0.25, -0.2) is 8.42 Å². The van der Waals surface area contributed by atoms with Gasteiger partial charge in [0.15, 0.2) is 0 Å². The zero-order valence-electron chi connectivity index (χ0n) is 23.6. The Kier molecular flexibility index (Phi) is 11.5. The fourth-order valence-electron chi connectivity index (χ4n) is 4.36. The van der Waals surface area contributed by atoms with E-state index in [0.29, 0.717) is 28.6 Å². The number of benzene rings is 3. The molecule has 41 heavy (non-hydrogen) atoms. The Hall–Kier alpha value is -3.27. The van der Waals surface area contributed by atoms with E-state index in [-0.39, 0.29) is 30.3 Å². The molecule has 0 aliphatic heterocycles. The second kappa shape index (κ2) is 14.6. The third-order valence-electron chi connectivity index (χ3n) is 6.49. The van der Waals surface area contributed by atoms with Crippen molar-refractivity contribution in [1.82, 2.24) is 10.2 Å². The summed E-state index contributed by atoms with van der Waals surface area (Å²) in [5.74, 6) is -0.690. The van der Waals surface area contributed by atoms with E-state index in [1.54, 1.807) is 36.4 Å². The van der Waals surface area contributed by atoms with Gasteiger partial charge in [-0.1, -0.05) is 72.6 Å². The van der Waals surface area contributed by atoms with Crippen LogP contribution in [-0.2, 0) is 32.6 Å². The smallest absolute Gasteiger partial charge is 0.244 e. The first-order valence-electron chi connectivity index (χ1n) is 13.1. The molecule has 3 aromatic rings. The summed E-state index contributed by atoms with van der Waals surface area (Å²) in [6, 6.07) is 18.4. The van der Waals surface area contributed by atoms with Crippen molar-refractivity contribution in [2.75, 3.05) is 30.8 Å². The lowest BCUT2D eigenvalue weighted by atomic mass is 10.0. The second-order valence-corrected chi connectivity index (χ2v) is 12.4. The summed E-state index contributed by atoms with van der Waals surface area (Å²) in [5, 5.41) is 3.54. The van der Waals surface area contributed by atoms with E-state index in [0.717, 1.165) is 21.7 Å². The lowest BCUT2D eigenvalue weighted by Gasteiger charge is -2.34. The van der Waals surface area contributed by atoms with Crippen LogP contribution in [0.15, 0.2) is 66.7 Å². The number of anilines is 1. The van der Waals surface area contributed by atoms with E-state index in [4.69, 9.17) is 27.9 Å². The molecule has 0 bridgehead atoms. The molecule has 3 rings (SSSR count). The molecule has 1 N–H and O–H groups in total. The molecule has 0 spiro atoms. The zero-order valence-corrected chi connectivity index (χ0v) is 25.9. The molecule has 0 unspecified atom stereocenters. The van der Waals surface area contributed by atoms with Gasteiger partial charge in [0.1, 0.15) is 18.3 Å². The predicted molar refractivity (Wildman–Crippen MR) is 164 cm³/mol. The van der Waals surface area contributed by atoms with E-state index in [1.807, 2.05) is 44.2 Å². The summed E-state index contributed by atoms with van der Waals surface area (Å²) in [7, 11) is -2.52. The number of halogens is 2. The standard InChI is InChI=1S/C30H35Cl2N3O5S/c1-5-16-33-30(37)27(18-22-10-7-6-8-11-22)34(19-23-24(31)12-9-13-25(23)32)29(36)20-35(41(4,38)39)26-17-21(2)14-15-28(26)40-3/h6-15,17,27H,5,16,18-20H2,1-4H3,(H,33,37)/t27-/m1/s1. The highest BCUT2D eigenvalue weighted by atomic mass is 35.5. The summed E-state index contributed by atoms with van der Waals surface area (Å²) in [6.45, 7) is 3.46. The van der Waals surface area contributed by atoms with Crippen molar-refractivity contribution in [2.24, 2.45) is 0 Å². The Bertz CT molecular complexity index is 1450. The topological polar surface area (TPSA) is 96.0 Å². The van der Waals surface area contributed by atoms with Crippen LogP contribution in [0.4, 0.5) is 5.69 Å². The number of amides is 2. The molecule has 0 aromatic heterocycles. The average molecular weight is 621 g/mol. The number of methoxy groups -OCH3 is 1. The second-order valence-electron chi connectivity index (χ2n) is 9.66. The van der Waals surface area contributed by atoms with Crippen LogP contribution in [0.3, 0.4) is 0 Å². The highest BCUT2D eigenvalue weighted by Crippen LogP contribution is 2.32. The van der Waals surface area contributed by atoms with Crippen molar-refractivity contribution in [2.45, 2.75) is 39.3 Å². The molecule has 0 aliphatic rings. The van der Waals surface area contributed by atoms with Gasteiger partial charge in [0.05, 0.1) is 19.1 Å². The van der Waals surface area contributed by atoms with Gasteiger partial charge in [0.25, 0.3) is 0 Å². The van der Waals surface area contributed by atoms with Gasteiger partial charge in [-0.15, -0.1) is 0 Å². The third-order valence-corrected chi connectivity index (χ3v) is 8.33. The summed E-state index contributed by atoms with van der Waals surface area (Å²) < 4.78 is 32.5. The van der Waals surface area contributed by atoms with Crippen molar-refractivity contribution >= 4 is 50.7 Å². The van der Waals surface area contributed by atoms with Crippen LogP contribution in [0, 0.1) is 6.92 Å². The van der Waals surface area contributed by atoms with Gasteiger partial charge < -0.3 is 15.0 Å². The summed E-state index contributed by atoms with van der Waals surface area (Å²) in [5.41, 5.74) is 2.27. The molecule has 220 valence electrons. The van der Waals surface area contributed by atoms with E-state index < -0.39 is 28.5 Å². The minimum atomic E-state index is -3.95. The highest BCUT2D eigenvalue weighted by molar-refractivity contribution is 7.92. The van der Waals surface area contributed by atoms with Crippen LogP contribution in [-0.4, -0.2) is 57.6 Å². The van der Waals surface area contributed by atoms with E-state index in [2.05, 4.69) is 5.32 Å². The Labute approximate surface area is 252 Å².